The van der Waals surface area contributed by atoms with Crippen LogP contribution in [0, 0.1) is 0 Å². The lowest BCUT2D eigenvalue weighted by molar-refractivity contribution is 0.251. The van der Waals surface area contributed by atoms with E-state index in [4.69, 9.17) is 19.2 Å². The molecule has 0 heterocycles. The zero-order valence-electron chi connectivity index (χ0n) is 17.8. The van der Waals surface area contributed by atoms with Crippen LogP contribution in [0.2, 0.25) is 0 Å². The van der Waals surface area contributed by atoms with Gasteiger partial charge >= 0.3 is 7.82 Å². The van der Waals surface area contributed by atoms with Crippen LogP contribution in [0.4, 0.5) is 0 Å². The Balaban J connectivity index is 0. The molecule has 0 aliphatic rings. The van der Waals surface area contributed by atoms with E-state index in [0.29, 0.717) is 0 Å². The maximum Gasteiger partial charge on any atom is 0.466 e. The molecule has 0 fully saturated rings. The van der Waals surface area contributed by atoms with Crippen LogP contribution in [0.25, 0.3) is 0 Å². The molecule has 26 heavy (non-hydrogen) atoms. The standard InChI is InChI=1S/C20H43N.H3O4P/c1-5-7-9-11-12-13-14-15-17-19-20(21(3)4)18-16-10-8-6-2;1-5(2,3)4/h20H,5-19H2,1-4H3;(H3,1,2,3,4). The highest BCUT2D eigenvalue weighted by atomic mass is 31.2. The molecular weight excluding hydrogens is 349 g/mol. The van der Waals surface area contributed by atoms with Gasteiger partial charge in [0.15, 0.2) is 0 Å². The molecule has 5 nitrogen and oxygen atoms in total. The van der Waals surface area contributed by atoms with Crippen molar-refractivity contribution in [3.05, 3.63) is 0 Å². The quantitative estimate of drug-likeness (QED) is 0.225. The van der Waals surface area contributed by atoms with Gasteiger partial charge in [-0.05, 0) is 26.9 Å². The highest BCUT2D eigenvalue weighted by Crippen LogP contribution is 2.25. The van der Waals surface area contributed by atoms with Gasteiger partial charge in [-0.25, -0.2) is 4.57 Å². The molecule has 0 radical (unpaired) electrons. The lowest BCUT2D eigenvalue weighted by atomic mass is 9.99. The largest absolute Gasteiger partial charge is 0.466 e. The van der Waals surface area contributed by atoms with Crippen LogP contribution in [0.5, 0.6) is 0 Å². The summed E-state index contributed by atoms with van der Waals surface area (Å²) in [7, 11) is -0.115. The van der Waals surface area contributed by atoms with Crippen LogP contribution in [-0.4, -0.2) is 39.7 Å². The molecule has 0 amide bonds. The van der Waals surface area contributed by atoms with Gasteiger partial charge in [0.2, 0.25) is 0 Å². The molecule has 0 saturated carbocycles. The molecule has 3 N–H and O–H groups in total. The van der Waals surface area contributed by atoms with Crippen LogP contribution in [-0.2, 0) is 4.57 Å². The summed E-state index contributed by atoms with van der Waals surface area (Å²) in [6, 6.07) is 0.825. The Labute approximate surface area is 162 Å². The lowest BCUT2D eigenvalue weighted by Crippen LogP contribution is -2.27. The summed E-state index contributed by atoms with van der Waals surface area (Å²) in [6.07, 6.45) is 21.4. The molecule has 1 unspecified atom stereocenters. The van der Waals surface area contributed by atoms with E-state index < -0.39 is 7.82 Å². The Morgan fingerprint density at radius 3 is 1.23 bits per heavy atom. The minimum atomic E-state index is -4.64. The second kappa shape index (κ2) is 19.8. The molecule has 0 bridgehead atoms. The second-order valence-corrected chi connectivity index (χ2v) is 8.62. The molecule has 0 aliphatic heterocycles. The first-order valence-electron chi connectivity index (χ1n) is 10.7. The van der Waals surface area contributed by atoms with E-state index in [2.05, 4.69) is 32.8 Å². The van der Waals surface area contributed by atoms with Crippen molar-refractivity contribution in [2.24, 2.45) is 0 Å². The zero-order valence-corrected chi connectivity index (χ0v) is 18.7. The molecule has 0 spiro atoms. The van der Waals surface area contributed by atoms with Crippen molar-refractivity contribution in [1.82, 2.24) is 4.90 Å². The van der Waals surface area contributed by atoms with E-state index >= 15 is 0 Å². The molecule has 6 heteroatoms. The molecule has 0 aromatic rings. The number of unbranched alkanes of at least 4 members (excludes halogenated alkanes) is 11. The maximum absolute atomic E-state index is 8.88. The van der Waals surface area contributed by atoms with Gasteiger partial charge in [0, 0.05) is 6.04 Å². The van der Waals surface area contributed by atoms with E-state index in [-0.39, 0.29) is 0 Å². The van der Waals surface area contributed by atoms with Gasteiger partial charge in [0.1, 0.15) is 0 Å². The number of hydrogen-bond donors (Lipinski definition) is 3. The van der Waals surface area contributed by atoms with Crippen molar-refractivity contribution in [3.63, 3.8) is 0 Å². The Bertz CT molecular complexity index is 313. The Kier molecular flexibility index (Phi) is 21.6. The number of nitrogens with zero attached hydrogens (tertiary/aromatic N) is 1. The molecule has 0 saturated heterocycles. The number of rotatable bonds is 16. The fourth-order valence-corrected chi connectivity index (χ4v) is 3.16. The van der Waals surface area contributed by atoms with Crippen molar-refractivity contribution in [1.29, 1.82) is 0 Å². The van der Waals surface area contributed by atoms with Crippen LogP contribution in [0.15, 0.2) is 0 Å². The van der Waals surface area contributed by atoms with E-state index in [0.717, 1.165) is 6.04 Å². The third kappa shape index (κ3) is 28.9. The smallest absolute Gasteiger partial charge is 0.306 e. The summed E-state index contributed by atoms with van der Waals surface area (Å²) in [5.74, 6) is 0. The minimum Gasteiger partial charge on any atom is -0.306 e. The van der Waals surface area contributed by atoms with Gasteiger partial charge in [0.05, 0.1) is 0 Å². The first kappa shape index (κ1) is 28.3. The first-order chi connectivity index (χ1) is 12.2. The Hall–Kier alpha value is 0.0700. The third-order valence-corrected chi connectivity index (χ3v) is 4.76. The van der Waals surface area contributed by atoms with Crippen molar-refractivity contribution < 1.29 is 19.2 Å². The van der Waals surface area contributed by atoms with Crippen molar-refractivity contribution in [2.75, 3.05) is 14.1 Å². The topological polar surface area (TPSA) is 81.0 Å². The molecule has 1 atom stereocenters. The van der Waals surface area contributed by atoms with Gasteiger partial charge in [-0.1, -0.05) is 97.3 Å². The summed E-state index contributed by atoms with van der Waals surface area (Å²) in [6.45, 7) is 4.59. The maximum atomic E-state index is 8.88. The van der Waals surface area contributed by atoms with Crippen molar-refractivity contribution in [3.8, 4) is 0 Å². The molecule has 160 valence electrons. The molecule has 0 aromatic heterocycles. The predicted molar refractivity (Wildman–Crippen MR) is 112 cm³/mol. The van der Waals surface area contributed by atoms with Crippen molar-refractivity contribution in [2.45, 2.75) is 116 Å². The molecule has 0 aromatic carbocycles. The molecule has 0 rings (SSSR count). The average molecular weight is 396 g/mol. The molecular formula is C20H46NO4P. The normalized spacial score (nSPS) is 12.8. The van der Waals surface area contributed by atoms with Crippen LogP contribution < -0.4 is 0 Å². The Morgan fingerprint density at radius 1 is 0.654 bits per heavy atom. The zero-order chi connectivity index (χ0) is 20.3. The minimum absolute atomic E-state index is 0.825. The van der Waals surface area contributed by atoms with E-state index in [9.17, 15) is 0 Å². The number of hydrogen-bond acceptors (Lipinski definition) is 2. The van der Waals surface area contributed by atoms with Gasteiger partial charge < -0.3 is 19.6 Å². The molecule has 0 aliphatic carbocycles. The third-order valence-electron chi connectivity index (χ3n) is 4.76. The van der Waals surface area contributed by atoms with E-state index in [1.54, 1.807) is 0 Å². The van der Waals surface area contributed by atoms with Gasteiger partial charge in [0.25, 0.3) is 0 Å². The van der Waals surface area contributed by atoms with Gasteiger partial charge in [-0.3, -0.25) is 0 Å². The fraction of sp³-hybridized carbons (Fsp3) is 1.00. The lowest BCUT2D eigenvalue weighted by Gasteiger charge is -2.24. The fourth-order valence-electron chi connectivity index (χ4n) is 3.16. The van der Waals surface area contributed by atoms with Gasteiger partial charge in [-0.15, -0.1) is 0 Å². The highest BCUT2D eigenvalue weighted by molar-refractivity contribution is 7.45. The average Bonchev–Trinajstić information content (AvgIpc) is 2.53. The van der Waals surface area contributed by atoms with Gasteiger partial charge in [-0.2, -0.15) is 0 Å². The monoisotopic (exact) mass is 395 g/mol. The summed E-state index contributed by atoms with van der Waals surface area (Å²) >= 11 is 0. The first-order valence-corrected chi connectivity index (χ1v) is 12.2. The number of phosphoric acid groups is 1. The summed E-state index contributed by atoms with van der Waals surface area (Å²) in [5.41, 5.74) is 0. The van der Waals surface area contributed by atoms with Crippen molar-refractivity contribution >= 4 is 7.82 Å². The van der Waals surface area contributed by atoms with Crippen LogP contribution >= 0.6 is 7.82 Å². The predicted octanol–water partition coefficient (Wildman–Crippen LogP) is 5.88. The summed E-state index contributed by atoms with van der Waals surface area (Å²) in [4.78, 5) is 24.0. The SMILES string of the molecule is CCCCCCCCCCCC(CCCCCC)N(C)C.O=P(O)(O)O. The van der Waals surface area contributed by atoms with E-state index in [1.807, 2.05) is 0 Å². The summed E-state index contributed by atoms with van der Waals surface area (Å²) in [5, 5.41) is 0. The van der Waals surface area contributed by atoms with E-state index in [1.165, 1.54) is 96.3 Å². The van der Waals surface area contributed by atoms with Crippen LogP contribution in [0.1, 0.15) is 110 Å². The Morgan fingerprint density at radius 2 is 0.923 bits per heavy atom. The highest BCUT2D eigenvalue weighted by Gasteiger charge is 2.10. The second-order valence-electron chi connectivity index (χ2n) is 7.60. The summed E-state index contributed by atoms with van der Waals surface area (Å²) < 4.78 is 8.88. The van der Waals surface area contributed by atoms with Crippen LogP contribution in [0.3, 0.4) is 0 Å².